The number of carboxylic acid groups (broad SMARTS) is 1. The standard InChI is InChI=1S/C19H18O8.C14H12O3/c1-8-5-13(26-4)11(7-20)17(22)14(8)19(25)27-12-6-9(2)16(21)15(10(12)3)18(23)24;15-12-5-3-10(4-6-12)1-2-11-7-13(16)9-14(17)8-11/h5-7,21-22H,1-4H3,(H,23,24);1-9,15-17H. The molecular weight excluding hydrogens is 572 g/mol. The van der Waals surface area contributed by atoms with Crippen molar-refractivity contribution in [2.75, 3.05) is 7.11 Å². The Morgan fingerprint density at radius 1 is 0.682 bits per heavy atom. The largest absolute Gasteiger partial charge is 0.508 e. The predicted molar refractivity (Wildman–Crippen MR) is 161 cm³/mol. The van der Waals surface area contributed by atoms with Gasteiger partial charge in [-0.15, -0.1) is 0 Å². The van der Waals surface area contributed by atoms with Crippen molar-refractivity contribution in [3.05, 3.63) is 99.1 Å². The molecule has 228 valence electrons. The van der Waals surface area contributed by atoms with E-state index in [4.69, 9.17) is 14.6 Å². The van der Waals surface area contributed by atoms with Crippen LogP contribution in [0.25, 0.3) is 12.2 Å². The normalized spacial score (nSPS) is 10.5. The smallest absolute Gasteiger partial charge is 0.347 e. The number of aldehydes is 1. The van der Waals surface area contributed by atoms with E-state index in [1.807, 2.05) is 6.08 Å². The van der Waals surface area contributed by atoms with Crippen molar-refractivity contribution >= 4 is 30.4 Å². The maximum atomic E-state index is 12.6. The van der Waals surface area contributed by atoms with E-state index in [0.717, 1.165) is 5.56 Å². The number of carboxylic acids is 1. The van der Waals surface area contributed by atoms with Crippen molar-refractivity contribution in [3.8, 4) is 40.2 Å². The van der Waals surface area contributed by atoms with E-state index in [9.17, 15) is 39.9 Å². The third-order valence-electron chi connectivity index (χ3n) is 6.45. The molecule has 4 rings (SSSR count). The van der Waals surface area contributed by atoms with Crippen LogP contribution in [0.3, 0.4) is 0 Å². The highest BCUT2D eigenvalue weighted by Crippen LogP contribution is 2.36. The number of aryl methyl sites for hydroxylation is 2. The minimum absolute atomic E-state index is 0.0235. The number of aromatic carboxylic acids is 1. The third kappa shape index (κ3) is 7.45. The van der Waals surface area contributed by atoms with E-state index in [1.165, 1.54) is 46.1 Å². The number of esters is 1. The van der Waals surface area contributed by atoms with E-state index < -0.39 is 23.4 Å². The zero-order valence-corrected chi connectivity index (χ0v) is 24.2. The number of rotatable bonds is 7. The van der Waals surface area contributed by atoms with Crippen LogP contribution < -0.4 is 9.47 Å². The molecule has 11 heteroatoms. The lowest BCUT2D eigenvalue weighted by Crippen LogP contribution is -2.14. The summed E-state index contributed by atoms with van der Waals surface area (Å²) in [4.78, 5) is 35.2. The molecule has 0 unspecified atom stereocenters. The molecule has 0 aliphatic rings. The molecule has 0 bridgehead atoms. The highest BCUT2D eigenvalue weighted by molar-refractivity contribution is 6.00. The number of ether oxygens (including phenoxy) is 2. The first kappa shape index (κ1) is 32.5. The second-order valence-electron chi connectivity index (χ2n) is 9.59. The van der Waals surface area contributed by atoms with Gasteiger partial charge >= 0.3 is 11.9 Å². The van der Waals surface area contributed by atoms with E-state index in [2.05, 4.69) is 0 Å². The lowest BCUT2D eigenvalue weighted by Gasteiger charge is -2.16. The first-order valence-electron chi connectivity index (χ1n) is 12.9. The van der Waals surface area contributed by atoms with Gasteiger partial charge in [0, 0.05) is 11.6 Å². The molecule has 11 nitrogen and oxygen atoms in total. The average molecular weight is 603 g/mol. The topological polar surface area (TPSA) is 191 Å². The van der Waals surface area contributed by atoms with Crippen molar-refractivity contribution < 1.29 is 54.5 Å². The Kier molecular flexibility index (Phi) is 10.2. The van der Waals surface area contributed by atoms with Gasteiger partial charge in [0.15, 0.2) is 6.29 Å². The molecule has 0 amide bonds. The molecule has 0 aromatic heterocycles. The molecule has 0 spiro atoms. The molecule has 44 heavy (non-hydrogen) atoms. The molecule has 0 atom stereocenters. The summed E-state index contributed by atoms with van der Waals surface area (Å²) in [5.74, 6) is -3.11. The monoisotopic (exact) mass is 602 g/mol. The predicted octanol–water partition coefficient (Wildman–Crippen LogP) is 5.74. The van der Waals surface area contributed by atoms with Crippen LogP contribution in [0.5, 0.6) is 40.2 Å². The Morgan fingerprint density at radius 3 is 1.80 bits per heavy atom. The molecule has 0 radical (unpaired) electrons. The first-order valence-corrected chi connectivity index (χ1v) is 12.9. The fourth-order valence-electron chi connectivity index (χ4n) is 4.21. The number of phenols is 5. The number of benzene rings is 4. The van der Waals surface area contributed by atoms with Gasteiger partial charge in [-0.1, -0.05) is 24.3 Å². The summed E-state index contributed by atoms with van der Waals surface area (Å²) in [7, 11) is 1.31. The number of phenolic OH excluding ortho intramolecular Hbond substituents is 4. The summed E-state index contributed by atoms with van der Waals surface area (Å²) in [6.07, 6.45) is 3.95. The Hall–Kier alpha value is -5.97. The summed E-state index contributed by atoms with van der Waals surface area (Å²) in [6.45, 7) is 4.35. The summed E-state index contributed by atoms with van der Waals surface area (Å²) in [5.41, 5.74) is 1.32. The van der Waals surface area contributed by atoms with Crippen LogP contribution in [-0.2, 0) is 0 Å². The Labute approximate surface area is 252 Å². The van der Waals surface area contributed by atoms with Gasteiger partial charge in [0.05, 0.1) is 12.7 Å². The molecule has 0 fully saturated rings. The third-order valence-corrected chi connectivity index (χ3v) is 6.45. The van der Waals surface area contributed by atoms with Gasteiger partial charge in [0.25, 0.3) is 0 Å². The molecular formula is C33H30O11. The van der Waals surface area contributed by atoms with Crippen LogP contribution in [0.15, 0.2) is 54.6 Å². The molecule has 0 heterocycles. The van der Waals surface area contributed by atoms with Gasteiger partial charge in [0.2, 0.25) is 0 Å². The van der Waals surface area contributed by atoms with Crippen molar-refractivity contribution in [1.82, 2.24) is 0 Å². The second-order valence-corrected chi connectivity index (χ2v) is 9.59. The zero-order chi connectivity index (χ0) is 32.7. The molecule has 4 aromatic carbocycles. The van der Waals surface area contributed by atoms with Crippen LogP contribution in [0.4, 0.5) is 0 Å². The fourth-order valence-corrected chi connectivity index (χ4v) is 4.21. The van der Waals surface area contributed by atoms with E-state index >= 15 is 0 Å². The fraction of sp³-hybridized carbons (Fsp3) is 0.121. The van der Waals surface area contributed by atoms with E-state index in [1.54, 1.807) is 42.5 Å². The van der Waals surface area contributed by atoms with Crippen molar-refractivity contribution in [3.63, 3.8) is 0 Å². The number of methoxy groups -OCH3 is 1. The summed E-state index contributed by atoms with van der Waals surface area (Å²) in [6, 6.07) is 13.8. The number of carbonyl (C=O) groups is 3. The molecule has 0 saturated heterocycles. The lowest BCUT2D eigenvalue weighted by atomic mass is 10.0. The zero-order valence-electron chi connectivity index (χ0n) is 24.2. The van der Waals surface area contributed by atoms with Crippen LogP contribution in [0.2, 0.25) is 0 Å². The number of hydrogen-bond donors (Lipinski definition) is 6. The highest BCUT2D eigenvalue weighted by Gasteiger charge is 2.26. The minimum atomic E-state index is -1.38. The molecule has 4 aromatic rings. The van der Waals surface area contributed by atoms with Crippen LogP contribution in [0, 0.1) is 20.8 Å². The van der Waals surface area contributed by atoms with Gasteiger partial charge in [-0.2, -0.15) is 0 Å². The molecule has 0 aliphatic heterocycles. The van der Waals surface area contributed by atoms with Gasteiger partial charge in [-0.05, 0) is 79.4 Å². The Balaban J connectivity index is 0.000000266. The van der Waals surface area contributed by atoms with E-state index in [-0.39, 0.29) is 56.6 Å². The summed E-state index contributed by atoms with van der Waals surface area (Å²) < 4.78 is 10.3. The highest BCUT2D eigenvalue weighted by atomic mass is 16.5. The number of carbonyl (C=O) groups excluding carboxylic acids is 2. The molecule has 6 N–H and O–H groups in total. The maximum Gasteiger partial charge on any atom is 0.347 e. The summed E-state index contributed by atoms with van der Waals surface area (Å²) >= 11 is 0. The van der Waals surface area contributed by atoms with Crippen molar-refractivity contribution in [2.45, 2.75) is 20.8 Å². The average Bonchev–Trinajstić information content (AvgIpc) is 2.95. The Morgan fingerprint density at radius 2 is 1.25 bits per heavy atom. The maximum absolute atomic E-state index is 12.6. The SMILES string of the molecule is COc1cc(C)c(C(=O)Oc2cc(C)c(O)c(C(=O)O)c2C)c(O)c1C=O.Oc1ccc(C=Cc2cc(O)cc(O)c2)cc1. The molecule has 0 saturated carbocycles. The number of aromatic hydroxyl groups is 5. The van der Waals surface area contributed by atoms with Crippen LogP contribution in [0.1, 0.15) is 58.9 Å². The first-order chi connectivity index (χ1) is 20.8. The van der Waals surface area contributed by atoms with Crippen LogP contribution >= 0.6 is 0 Å². The minimum Gasteiger partial charge on any atom is -0.508 e. The van der Waals surface area contributed by atoms with Crippen molar-refractivity contribution in [1.29, 1.82) is 0 Å². The second kappa shape index (κ2) is 13.8. The summed E-state index contributed by atoms with van der Waals surface area (Å²) in [5, 5.41) is 57.2. The number of hydrogen-bond acceptors (Lipinski definition) is 10. The van der Waals surface area contributed by atoms with Gasteiger partial charge in [-0.3, -0.25) is 4.79 Å². The van der Waals surface area contributed by atoms with Gasteiger partial charge in [0.1, 0.15) is 51.4 Å². The van der Waals surface area contributed by atoms with Gasteiger partial charge < -0.3 is 40.1 Å². The molecule has 0 aliphatic carbocycles. The quantitative estimate of drug-likeness (QED) is 0.0655. The van der Waals surface area contributed by atoms with Gasteiger partial charge in [-0.25, -0.2) is 9.59 Å². The lowest BCUT2D eigenvalue weighted by molar-refractivity contribution is 0.0681. The van der Waals surface area contributed by atoms with Crippen LogP contribution in [-0.4, -0.2) is 56.0 Å². The van der Waals surface area contributed by atoms with E-state index in [0.29, 0.717) is 17.4 Å². The van der Waals surface area contributed by atoms with Crippen molar-refractivity contribution in [2.24, 2.45) is 0 Å². The Bertz CT molecular complexity index is 1730.